The fourth-order valence-electron chi connectivity index (χ4n) is 3.24. The van der Waals surface area contributed by atoms with Crippen LogP contribution in [0.4, 0.5) is 8.78 Å². The molecule has 0 fully saturated rings. The number of hydrogen-bond acceptors (Lipinski definition) is 5. The molecule has 0 aliphatic heterocycles. The van der Waals surface area contributed by atoms with E-state index in [2.05, 4.69) is 25.4 Å². The van der Waals surface area contributed by atoms with Gasteiger partial charge >= 0.3 is 5.92 Å². The highest BCUT2D eigenvalue weighted by atomic mass is 19.3. The van der Waals surface area contributed by atoms with E-state index in [0.29, 0.717) is 22.2 Å². The van der Waals surface area contributed by atoms with Crippen LogP contribution in [0, 0.1) is 0 Å². The molecule has 0 spiro atoms. The van der Waals surface area contributed by atoms with Gasteiger partial charge in [-0.1, -0.05) is 18.2 Å². The highest BCUT2D eigenvalue weighted by molar-refractivity contribution is 6.31. The molecule has 1 aromatic carbocycles. The van der Waals surface area contributed by atoms with E-state index in [9.17, 15) is 0 Å². The van der Waals surface area contributed by atoms with Gasteiger partial charge in [0, 0.05) is 29.8 Å². The van der Waals surface area contributed by atoms with E-state index in [1.807, 2.05) is 7.85 Å². The van der Waals surface area contributed by atoms with Gasteiger partial charge < -0.3 is 0 Å². The number of rotatable bonds is 3. The minimum absolute atomic E-state index is 0.196. The number of hydrogen-bond donors (Lipinski definition) is 0. The molecular weight excluding hydrogens is 375 g/mol. The maximum atomic E-state index is 15.4. The van der Waals surface area contributed by atoms with Crippen molar-refractivity contribution in [3.8, 4) is 11.3 Å². The molecule has 0 aliphatic rings. The lowest BCUT2D eigenvalue weighted by atomic mass is 10.0. The molecule has 7 nitrogen and oxygen atoms in total. The first-order valence-corrected chi connectivity index (χ1v) is 8.89. The third kappa shape index (κ3) is 2.84. The minimum Gasteiger partial charge on any atom is -0.275 e. The second-order valence-corrected chi connectivity index (χ2v) is 6.85. The molecule has 0 saturated heterocycles. The molecule has 0 radical (unpaired) electrons. The van der Waals surface area contributed by atoms with Crippen molar-refractivity contribution in [3.05, 3.63) is 66.2 Å². The molecule has 0 aliphatic carbocycles. The molecule has 142 valence electrons. The van der Waals surface area contributed by atoms with Crippen molar-refractivity contribution >= 4 is 30.0 Å². The summed E-state index contributed by atoms with van der Waals surface area (Å²) in [4.78, 5) is 4.36. The van der Waals surface area contributed by atoms with Crippen LogP contribution in [0.3, 0.4) is 0 Å². The summed E-state index contributed by atoms with van der Waals surface area (Å²) in [5.41, 5.74) is 2.74. The maximum absolute atomic E-state index is 15.4. The summed E-state index contributed by atoms with van der Waals surface area (Å²) in [7, 11) is 3.63. The van der Waals surface area contributed by atoms with Gasteiger partial charge in [-0.3, -0.25) is 9.67 Å². The molecular formula is C19H14BF2N7. The van der Waals surface area contributed by atoms with E-state index in [4.69, 9.17) is 0 Å². The lowest BCUT2D eigenvalue weighted by Crippen LogP contribution is -2.20. The number of halogens is 2. The van der Waals surface area contributed by atoms with Gasteiger partial charge in [-0.05, 0) is 29.9 Å². The molecule has 0 bridgehead atoms. The fraction of sp³-hybridized carbons (Fsp3) is 0.105. The molecule has 4 aromatic heterocycles. The molecule has 5 rings (SSSR count). The molecule has 0 atom stereocenters. The van der Waals surface area contributed by atoms with Gasteiger partial charge in [0.05, 0.1) is 17.4 Å². The second kappa shape index (κ2) is 6.16. The number of nitrogens with zero attached hydrogens (tertiary/aromatic N) is 7. The molecule has 29 heavy (non-hydrogen) atoms. The molecule has 5 aromatic rings. The molecule has 0 amide bonds. The largest absolute Gasteiger partial charge is 0.333 e. The van der Waals surface area contributed by atoms with E-state index < -0.39 is 11.7 Å². The van der Waals surface area contributed by atoms with Gasteiger partial charge in [0.15, 0.2) is 13.5 Å². The Bertz CT molecular complexity index is 1380. The van der Waals surface area contributed by atoms with E-state index in [1.54, 1.807) is 54.5 Å². The predicted molar refractivity (Wildman–Crippen MR) is 106 cm³/mol. The monoisotopic (exact) mass is 389 g/mol. The van der Waals surface area contributed by atoms with Crippen molar-refractivity contribution in [3.63, 3.8) is 0 Å². The Morgan fingerprint density at radius 2 is 1.90 bits per heavy atom. The Labute approximate surface area is 164 Å². The molecule has 0 saturated carbocycles. The van der Waals surface area contributed by atoms with Gasteiger partial charge in [-0.25, -0.2) is 0 Å². The standard InChI is InChI=1S/C19H14BF2N7/c1-28-10-12(9-23-28)15-5-7-17-25-26-18(29(17)27-15)19(21,22)13-3-4-14-11(8-13)2-6-16(20)24-14/h2-10H,20H2,1H3. The average Bonchev–Trinajstić information content (AvgIpc) is 3.33. The third-order valence-electron chi connectivity index (χ3n) is 4.74. The van der Waals surface area contributed by atoms with Crippen LogP contribution in [-0.4, -0.2) is 42.4 Å². The number of aryl methyl sites for hydroxylation is 1. The summed E-state index contributed by atoms with van der Waals surface area (Å²) < 4.78 is 33.5. The Morgan fingerprint density at radius 3 is 2.69 bits per heavy atom. The van der Waals surface area contributed by atoms with E-state index >= 15 is 8.78 Å². The van der Waals surface area contributed by atoms with Crippen LogP contribution in [0.2, 0.25) is 0 Å². The van der Waals surface area contributed by atoms with Crippen LogP contribution in [0.15, 0.2) is 54.9 Å². The van der Waals surface area contributed by atoms with Gasteiger partial charge in [-0.15, -0.1) is 10.2 Å². The van der Waals surface area contributed by atoms with Crippen LogP contribution in [0.25, 0.3) is 27.8 Å². The van der Waals surface area contributed by atoms with Gasteiger partial charge in [0.25, 0.3) is 0 Å². The van der Waals surface area contributed by atoms with Crippen LogP contribution >= 0.6 is 0 Å². The van der Waals surface area contributed by atoms with Crippen LogP contribution in [0.5, 0.6) is 0 Å². The number of alkyl halides is 2. The first-order chi connectivity index (χ1) is 13.9. The highest BCUT2D eigenvalue weighted by Crippen LogP contribution is 2.35. The van der Waals surface area contributed by atoms with Crippen LogP contribution < -0.4 is 5.59 Å². The zero-order chi connectivity index (χ0) is 20.2. The van der Waals surface area contributed by atoms with E-state index in [1.165, 1.54) is 12.1 Å². The Kier molecular flexibility index (Phi) is 3.70. The van der Waals surface area contributed by atoms with E-state index in [-0.39, 0.29) is 11.2 Å². The average molecular weight is 389 g/mol. The molecule has 0 N–H and O–H groups in total. The third-order valence-corrected chi connectivity index (χ3v) is 4.74. The Balaban J connectivity index is 1.64. The summed E-state index contributed by atoms with van der Waals surface area (Å²) in [6, 6.07) is 11.2. The van der Waals surface area contributed by atoms with Crippen molar-refractivity contribution in [2.45, 2.75) is 5.92 Å². The normalized spacial score (nSPS) is 12.1. The van der Waals surface area contributed by atoms with Crippen molar-refractivity contribution in [2.24, 2.45) is 7.05 Å². The summed E-state index contributed by atoms with van der Waals surface area (Å²) in [5, 5.41) is 16.7. The first kappa shape index (κ1) is 17.4. The summed E-state index contributed by atoms with van der Waals surface area (Å²) in [6.45, 7) is 0. The van der Waals surface area contributed by atoms with Crippen LogP contribution in [-0.2, 0) is 13.0 Å². The first-order valence-electron chi connectivity index (χ1n) is 8.89. The molecule has 4 heterocycles. The number of aromatic nitrogens is 7. The quantitative estimate of drug-likeness (QED) is 0.437. The summed E-state index contributed by atoms with van der Waals surface area (Å²) in [6.07, 6.45) is 3.38. The van der Waals surface area contributed by atoms with Gasteiger partial charge in [0.2, 0.25) is 5.82 Å². The molecule has 10 heteroatoms. The summed E-state index contributed by atoms with van der Waals surface area (Å²) >= 11 is 0. The zero-order valence-electron chi connectivity index (χ0n) is 15.6. The van der Waals surface area contributed by atoms with E-state index in [0.717, 1.165) is 10.1 Å². The van der Waals surface area contributed by atoms with Crippen LogP contribution in [0.1, 0.15) is 11.4 Å². The fourth-order valence-corrected chi connectivity index (χ4v) is 3.24. The van der Waals surface area contributed by atoms with Gasteiger partial charge in [0.1, 0.15) is 0 Å². The Hall–Kier alpha value is -3.69. The smallest absolute Gasteiger partial charge is 0.275 e. The predicted octanol–water partition coefficient (Wildman–Crippen LogP) is 1.47. The van der Waals surface area contributed by atoms with Crippen molar-refractivity contribution in [1.29, 1.82) is 0 Å². The topological polar surface area (TPSA) is 73.8 Å². The highest BCUT2D eigenvalue weighted by Gasteiger charge is 2.40. The number of fused-ring (bicyclic) bond motifs is 2. The lowest BCUT2D eigenvalue weighted by Gasteiger charge is -2.15. The zero-order valence-corrected chi connectivity index (χ0v) is 15.6. The maximum Gasteiger partial charge on any atom is 0.333 e. The van der Waals surface area contributed by atoms with Crippen molar-refractivity contribution in [1.82, 2.24) is 34.6 Å². The van der Waals surface area contributed by atoms with Crippen molar-refractivity contribution in [2.75, 3.05) is 0 Å². The second-order valence-electron chi connectivity index (χ2n) is 6.85. The SMILES string of the molecule is Bc1ccc2cc(C(F)(F)c3nnc4ccc(-c5cnn(C)c5)nn34)ccc2n1. The summed E-state index contributed by atoms with van der Waals surface area (Å²) in [5.74, 6) is -3.93. The number of pyridine rings is 1. The van der Waals surface area contributed by atoms with Crippen molar-refractivity contribution < 1.29 is 8.78 Å². The molecule has 0 unspecified atom stereocenters. The minimum atomic E-state index is -3.39. The van der Waals surface area contributed by atoms with Gasteiger partial charge in [-0.2, -0.15) is 23.5 Å². The lowest BCUT2D eigenvalue weighted by molar-refractivity contribution is 0.0307. The Morgan fingerprint density at radius 1 is 1.03 bits per heavy atom. The number of benzene rings is 1.